The molecule has 6 heteroatoms. The second-order valence-electron chi connectivity index (χ2n) is 20.2. The van der Waals surface area contributed by atoms with Gasteiger partial charge in [-0.15, -0.1) is 0 Å². The Balaban J connectivity index is 4.29. The van der Waals surface area contributed by atoms with E-state index in [0.29, 0.717) is 19.3 Å². The van der Waals surface area contributed by atoms with Gasteiger partial charge in [0.2, 0.25) is 0 Å². The van der Waals surface area contributed by atoms with Gasteiger partial charge in [0.1, 0.15) is 13.2 Å². The molecule has 1 unspecified atom stereocenters. The molecule has 0 amide bonds. The van der Waals surface area contributed by atoms with E-state index in [0.717, 1.165) is 83.5 Å². The molecule has 0 radical (unpaired) electrons. The number of carbonyl (C=O) groups is 3. The summed E-state index contributed by atoms with van der Waals surface area (Å²) in [4.78, 5) is 38.2. The van der Waals surface area contributed by atoms with Gasteiger partial charge in [0, 0.05) is 19.3 Å². The summed E-state index contributed by atoms with van der Waals surface area (Å²) in [6.07, 6.45) is 68.6. The smallest absolute Gasteiger partial charge is 0.306 e. The molecule has 0 aromatic heterocycles. The van der Waals surface area contributed by atoms with Gasteiger partial charge in [0.25, 0.3) is 0 Å². The molecule has 0 aliphatic carbocycles. The van der Waals surface area contributed by atoms with Crippen LogP contribution in [0.2, 0.25) is 0 Å². The molecule has 0 rings (SSSR count). The SMILES string of the molecule is CC/C=C\C/C=C\C/C=C\CCCCCC(=O)OCC(COC(=O)CCCCCCCCCCCCCCCCCCCCCCC)OC(=O)CCCCCCCCCCCCCCCCCC. The molecular formula is C62H114O6. The molecule has 0 bridgehead atoms. The van der Waals surface area contributed by atoms with Crippen molar-refractivity contribution in [1.82, 2.24) is 0 Å². The van der Waals surface area contributed by atoms with E-state index in [1.807, 2.05) is 0 Å². The van der Waals surface area contributed by atoms with Gasteiger partial charge in [-0.2, -0.15) is 0 Å². The molecule has 0 saturated carbocycles. The summed E-state index contributed by atoms with van der Waals surface area (Å²) in [5, 5.41) is 0. The number of hydrogen-bond donors (Lipinski definition) is 0. The summed E-state index contributed by atoms with van der Waals surface area (Å²) in [6.45, 7) is 6.56. The van der Waals surface area contributed by atoms with E-state index < -0.39 is 6.10 Å². The molecular weight excluding hydrogens is 841 g/mol. The highest BCUT2D eigenvalue weighted by atomic mass is 16.6. The van der Waals surface area contributed by atoms with Gasteiger partial charge in [-0.05, 0) is 51.4 Å². The maximum Gasteiger partial charge on any atom is 0.306 e. The average molecular weight is 956 g/mol. The van der Waals surface area contributed by atoms with E-state index in [1.165, 1.54) is 199 Å². The monoisotopic (exact) mass is 955 g/mol. The Hall–Kier alpha value is -2.37. The molecule has 398 valence electrons. The van der Waals surface area contributed by atoms with Gasteiger partial charge >= 0.3 is 17.9 Å². The lowest BCUT2D eigenvalue weighted by Gasteiger charge is -2.18. The Morgan fingerprint density at radius 2 is 0.574 bits per heavy atom. The number of hydrogen-bond acceptors (Lipinski definition) is 6. The fourth-order valence-electron chi connectivity index (χ4n) is 8.93. The van der Waals surface area contributed by atoms with Crippen LogP contribution in [0.15, 0.2) is 36.5 Å². The summed E-state index contributed by atoms with van der Waals surface area (Å²) in [6, 6.07) is 0. The zero-order valence-corrected chi connectivity index (χ0v) is 45.6. The first-order chi connectivity index (χ1) is 33.5. The molecule has 0 heterocycles. The number of rotatable bonds is 55. The van der Waals surface area contributed by atoms with Gasteiger partial charge in [-0.25, -0.2) is 0 Å². The van der Waals surface area contributed by atoms with Crippen LogP contribution in [0.25, 0.3) is 0 Å². The number of unbranched alkanes of at least 4 members (excludes halogenated alkanes) is 38. The zero-order chi connectivity index (χ0) is 49.3. The van der Waals surface area contributed by atoms with E-state index >= 15 is 0 Å². The van der Waals surface area contributed by atoms with Gasteiger partial charge < -0.3 is 14.2 Å². The largest absolute Gasteiger partial charge is 0.462 e. The Labute approximate surface area is 423 Å². The Morgan fingerprint density at radius 3 is 0.897 bits per heavy atom. The molecule has 0 fully saturated rings. The summed E-state index contributed by atoms with van der Waals surface area (Å²) in [7, 11) is 0. The highest BCUT2D eigenvalue weighted by Crippen LogP contribution is 2.17. The van der Waals surface area contributed by atoms with Crippen LogP contribution in [0.4, 0.5) is 0 Å². The fraction of sp³-hybridized carbons (Fsp3) is 0.855. The second-order valence-corrected chi connectivity index (χ2v) is 20.2. The van der Waals surface area contributed by atoms with Crippen molar-refractivity contribution in [3.05, 3.63) is 36.5 Å². The average Bonchev–Trinajstić information content (AvgIpc) is 3.34. The minimum atomic E-state index is -0.780. The van der Waals surface area contributed by atoms with Crippen molar-refractivity contribution in [3.63, 3.8) is 0 Å². The second kappa shape index (κ2) is 57.2. The van der Waals surface area contributed by atoms with E-state index in [-0.39, 0.29) is 31.1 Å². The van der Waals surface area contributed by atoms with Crippen molar-refractivity contribution in [1.29, 1.82) is 0 Å². The summed E-state index contributed by atoms with van der Waals surface area (Å²) < 4.78 is 16.9. The van der Waals surface area contributed by atoms with Crippen molar-refractivity contribution in [3.8, 4) is 0 Å². The van der Waals surface area contributed by atoms with Crippen LogP contribution in [0, 0.1) is 0 Å². The van der Waals surface area contributed by atoms with Crippen molar-refractivity contribution in [2.24, 2.45) is 0 Å². The normalized spacial score (nSPS) is 12.2. The van der Waals surface area contributed by atoms with E-state index in [2.05, 4.69) is 57.2 Å². The van der Waals surface area contributed by atoms with Crippen LogP contribution in [0.3, 0.4) is 0 Å². The van der Waals surface area contributed by atoms with Gasteiger partial charge in [0.15, 0.2) is 6.10 Å². The van der Waals surface area contributed by atoms with E-state index in [1.54, 1.807) is 0 Å². The molecule has 68 heavy (non-hydrogen) atoms. The predicted octanol–water partition coefficient (Wildman–Crippen LogP) is 20.0. The standard InChI is InChI=1S/C62H114O6/c1-4-7-10-13-16-19-22-25-27-29-30-31-32-33-35-37-40-43-46-49-52-55-61(64)67-58-59(57-66-60(63)54-51-48-45-42-39-36-24-21-18-15-12-9-6-3)68-62(65)56-53-50-47-44-41-38-34-28-26-23-20-17-14-11-8-5-2/h9,12,18,21,36,39,59H,4-8,10-11,13-17,19-20,22-35,37-38,40-58H2,1-3H3/b12-9-,21-18-,39-36-. The first-order valence-electron chi connectivity index (χ1n) is 30.0. The van der Waals surface area contributed by atoms with E-state index in [9.17, 15) is 14.4 Å². The molecule has 0 saturated heterocycles. The molecule has 0 aromatic rings. The lowest BCUT2D eigenvalue weighted by Crippen LogP contribution is -2.30. The van der Waals surface area contributed by atoms with Crippen molar-refractivity contribution < 1.29 is 28.6 Å². The van der Waals surface area contributed by atoms with Crippen molar-refractivity contribution in [2.75, 3.05) is 13.2 Å². The highest BCUT2D eigenvalue weighted by molar-refractivity contribution is 5.71. The fourth-order valence-corrected chi connectivity index (χ4v) is 8.93. The van der Waals surface area contributed by atoms with Crippen LogP contribution in [0.1, 0.15) is 323 Å². The minimum absolute atomic E-state index is 0.0764. The molecule has 0 aliphatic heterocycles. The van der Waals surface area contributed by atoms with E-state index in [4.69, 9.17) is 14.2 Å². The van der Waals surface area contributed by atoms with Crippen molar-refractivity contribution >= 4 is 17.9 Å². The predicted molar refractivity (Wildman–Crippen MR) is 293 cm³/mol. The number of allylic oxidation sites excluding steroid dienone is 6. The summed E-state index contributed by atoms with van der Waals surface area (Å²) in [5.41, 5.74) is 0. The molecule has 0 N–H and O–H groups in total. The Morgan fingerprint density at radius 1 is 0.309 bits per heavy atom. The third kappa shape index (κ3) is 54.6. The number of esters is 3. The summed E-state index contributed by atoms with van der Waals surface area (Å²) in [5.74, 6) is -0.886. The highest BCUT2D eigenvalue weighted by Gasteiger charge is 2.19. The first-order valence-corrected chi connectivity index (χ1v) is 30.0. The summed E-state index contributed by atoms with van der Waals surface area (Å²) >= 11 is 0. The van der Waals surface area contributed by atoms with Crippen LogP contribution < -0.4 is 0 Å². The maximum absolute atomic E-state index is 12.9. The first kappa shape index (κ1) is 65.6. The quantitative estimate of drug-likeness (QED) is 0.0262. The van der Waals surface area contributed by atoms with Crippen LogP contribution in [0.5, 0.6) is 0 Å². The lowest BCUT2D eigenvalue weighted by molar-refractivity contribution is -0.167. The van der Waals surface area contributed by atoms with Crippen LogP contribution in [-0.4, -0.2) is 37.2 Å². The number of ether oxygens (including phenoxy) is 3. The Kier molecular flexibility index (Phi) is 55.2. The third-order valence-corrected chi connectivity index (χ3v) is 13.4. The Bertz CT molecular complexity index is 1140. The van der Waals surface area contributed by atoms with Gasteiger partial charge in [0.05, 0.1) is 0 Å². The third-order valence-electron chi connectivity index (χ3n) is 13.4. The zero-order valence-electron chi connectivity index (χ0n) is 45.6. The van der Waals surface area contributed by atoms with Crippen LogP contribution >= 0.6 is 0 Å². The number of carbonyl (C=O) groups excluding carboxylic acids is 3. The molecule has 1 atom stereocenters. The maximum atomic E-state index is 12.9. The molecule has 0 spiro atoms. The van der Waals surface area contributed by atoms with Crippen LogP contribution in [-0.2, 0) is 28.6 Å². The molecule has 0 aromatic carbocycles. The lowest BCUT2D eigenvalue weighted by atomic mass is 10.0. The topological polar surface area (TPSA) is 78.9 Å². The molecule has 6 nitrogen and oxygen atoms in total. The van der Waals surface area contributed by atoms with Gasteiger partial charge in [-0.3, -0.25) is 14.4 Å². The van der Waals surface area contributed by atoms with Gasteiger partial charge in [-0.1, -0.05) is 288 Å². The molecule has 0 aliphatic rings. The van der Waals surface area contributed by atoms with Crippen molar-refractivity contribution in [2.45, 2.75) is 329 Å². The minimum Gasteiger partial charge on any atom is -0.462 e.